The summed E-state index contributed by atoms with van der Waals surface area (Å²) in [5, 5.41) is 6.09. The highest BCUT2D eigenvalue weighted by molar-refractivity contribution is 7.16. The van der Waals surface area contributed by atoms with E-state index in [1.54, 1.807) is 11.3 Å². The lowest BCUT2D eigenvalue weighted by atomic mass is 10.2. The number of nitrogens with one attached hydrogen (secondary N) is 1. The molecule has 1 amide bonds. The van der Waals surface area contributed by atoms with Crippen LogP contribution in [0.4, 0.5) is 11.8 Å². The van der Waals surface area contributed by atoms with Gasteiger partial charge in [-0.05, 0) is 24.8 Å². The van der Waals surface area contributed by atoms with Crippen molar-refractivity contribution in [1.29, 1.82) is 0 Å². The normalized spacial score (nSPS) is 10.8. The third-order valence-electron chi connectivity index (χ3n) is 3.07. The number of carbonyl (C=O) groups excluding carboxylic acids is 1. The van der Waals surface area contributed by atoms with E-state index in [-0.39, 0.29) is 12.5 Å². The van der Waals surface area contributed by atoms with Crippen molar-refractivity contribution in [2.24, 2.45) is 5.73 Å². The number of carbonyl (C=O) groups is 1. The number of anilines is 2. The van der Waals surface area contributed by atoms with E-state index in [1.807, 2.05) is 23.3 Å². The Morgan fingerprint density at radius 1 is 1.43 bits per heavy atom. The Morgan fingerprint density at radius 3 is 2.90 bits per heavy atom. The number of primary amides is 1. The lowest BCUT2D eigenvalue weighted by Crippen LogP contribution is -2.35. The maximum absolute atomic E-state index is 11.4. The van der Waals surface area contributed by atoms with Gasteiger partial charge >= 0.3 is 0 Å². The summed E-state index contributed by atoms with van der Waals surface area (Å²) < 4.78 is 0. The molecule has 114 valence electrons. The van der Waals surface area contributed by atoms with Crippen LogP contribution >= 0.6 is 11.3 Å². The summed E-state index contributed by atoms with van der Waals surface area (Å²) in [7, 11) is 0. The van der Waals surface area contributed by atoms with Crippen LogP contribution in [-0.2, 0) is 4.79 Å². The highest BCUT2D eigenvalue weighted by Gasteiger charge is 2.16. The van der Waals surface area contributed by atoms with Gasteiger partial charge < -0.3 is 16.0 Å². The number of hydrogen-bond donors (Lipinski definition) is 2. The van der Waals surface area contributed by atoms with E-state index in [0.29, 0.717) is 5.95 Å². The second-order valence-electron chi connectivity index (χ2n) is 4.78. The Bertz CT molecular complexity index is 612. The molecule has 0 bridgehead atoms. The molecule has 0 fully saturated rings. The molecule has 0 aliphatic carbocycles. The Hall–Kier alpha value is -1.89. The zero-order valence-corrected chi connectivity index (χ0v) is 13.2. The first-order valence-corrected chi connectivity index (χ1v) is 8.06. The van der Waals surface area contributed by atoms with Crippen molar-refractivity contribution in [3.05, 3.63) is 11.4 Å². The average Bonchev–Trinajstić information content (AvgIpc) is 2.91. The number of fused-ring (bicyclic) bond motifs is 1. The zero-order chi connectivity index (χ0) is 15.2. The molecule has 2 heterocycles. The topological polar surface area (TPSA) is 84.1 Å². The Morgan fingerprint density at radius 2 is 2.24 bits per heavy atom. The number of rotatable bonds is 8. The van der Waals surface area contributed by atoms with Gasteiger partial charge in [0.1, 0.15) is 10.6 Å². The van der Waals surface area contributed by atoms with Crippen molar-refractivity contribution in [3.8, 4) is 0 Å². The van der Waals surface area contributed by atoms with Crippen LogP contribution in [0.25, 0.3) is 10.2 Å². The monoisotopic (exact) mass is 307 g/mol. The van der Waals surface area contributed by atoms with Gasteiger partial charge in [-0.15, -0.1) is 11.3 Å². The second kappa shape index (κ2) is 7.21. The molecule has 0 saturated carbocycles. The Labute approximate surface area is 128 Å². The van der Waals surface area contributed by atoms with Gasteiger partial charge in [-0.1, -0.05) is 13.3 Å². The minimum Gasteiger partial charge on any atom is -0.368 e. The molecule has 0 spiro atoms. The van der Waals surface area contributed by atoms with Crippen LogP contribution in [-0.4, -0.2) is 35.5 Å². The minimum atomic E-state index is -0.349. The van der Waals surface area contributed by atoms with Crippen molar-refractivity contribution < 1.29 is 4.79 Å². The third kappa shape index (κ3) is 3.81. The Balaban J connectivity index is 2.42. The fourth-order valence-corrected chi connectivity index (χ4v) is 2.87. The standard InChI is InChI=1S/C14H21N5OS/c1-3-5-7-19(9-11(15)20)12-10-6-8-21-13(10)18-14(17-12)16-4-2/h6,8H,3-5,7,9H2,1-2H3,(H2,15,20)(H,16,17,18). The molecule has 0 aliphatic rings. The van der Waals surface area contributed by atoms with E-state index >= 15 is 0 Å². The molecular formula is C14H21N5OS. The fraction of sp³-hybridized carbons (Fsp3) is 0.500. The SMILES string of the molecule is CCCCN(CC(N)=O)c1nc(NCC)nc2sccc12. The lowest BCUT2D eigenvalue weighted by Gasteiger charge is -2.23. The maximum Gasteiger partial charge on any atom is 0.236 e. The van der Waals surface area contributed by atoms with Gasteiger partial charge in [0.25, 0.3) is 0 Å². The predicted octanol–water partition coefficient (Wildman–Crippen LogP) is 2.21. The number of thiophene rings is 1. The van der Waals surface area contributed by atoms with E-state index in [9.17, 15) is 4.79 Å². The van der Waals surface area contributed by atoms with E-state index in [2.05, 4.69) is 22.2 Å². The summed E-state index contributed by atoms with van der Waals surface area (Å²) in [6, 6.07) is 1.99. The summed E-state index contributed by atoms with van der Waals surface area (Å²) in [6.07, 6.45) is 2.03. The summed E-state index contributed by atoms with van der Waals surface area (Å²) in [5.41, 5.74) is 5.38. The largest absolute Gasteiger partial charge is 0.368 e. The van der Waals surface area contributed by atoms with Crippen molar-refractivity contribution in [2.75, 3.05) is 29.9 Å². The number of aromatic nitrogens is 2. The number of nitrogens with two attached hydrogens (primary N) is 1. The quantitative estimate of drug-likeness (QED) is 0.781. The zero-order valence-electron chi connectivity index (χ0n) is 12.4. The molecule has 0 atom stereocenters. The number of hydrogen-bond acceptors (Lipinski definition) is 6. The molecular weight excluding hydrogens is 286 g/mol. The Kier molecular flexibility index (Phi) is 5.32. The number of nitrogens with zero attached hydrogens (tertiary/aromatic N) is 3. The van der Waals surface area contributed by atoms with Crippen LogP contribution in [0.2, 0.25) is 0 Å². The molecule has 0 unspecified atom stereocenters. The van der Waals surface area contributed by atoms with Crippen LogP contribution in [0.15, 0.2) is 11.4 Å². The first kappa shape index (κ1) is 15.5. The predicted molar refractivity (Wildman–Crippen MR) is 87.9 cm³/mol. The lowest BCUT2D eigenvalue weighted by molar-refractivity contribution is -0.116. The summed E-state index contributed by atoms with van der Waals surface area (Å²) >= 11 is 1.57. The van der Waals surface area contributed by atoms with Gasteiger partial charge in [-0.2, -0.15) is 4.98 Å². The molecule has 0 aliphatic heterocycles. The fourth-order valence-electron chi connectivity index (χ4n) is 2.11. The van der Waals surface area contributed by atoms with E-state index < -0.39 is 0 Å². The van der Waals surface area contributed by atoms with Crippen LogP contribution in [0.5, 0.6) is 0 Å². The number of unbranched alkanes of at least 4 members (excludes halogenated alkanes) is 1. The summed E-state index contributed by atoms with van der Waals surface area (Å²) in [4.78, 5) is 23.3. The molecule has 2 aromatic heterocycles. The average molecular weight is 307 g/mol. The first-order chi connectivity index (χ1) is 10.2. The van der Waals surface area contributed by atoms with Gasteiger partial charge in [0, 0.05) is 13.1 Å². The van der Waals surface area contributed by atoms with Gasteiger partial charge in [-0.3, -0.25) is 4.79 Å². The van der Waals surface area contributed by atoms with Crippen LogP contribution in [0, 0.1) is 0 Å². The van der Waals surface area contributed by atoms with Gasteiger partial charge in [-0.25, -0.2) is 4.98 Å². The molecule has 3 N–H and O–H groups in total. The minimum absolute atomic E-state index is 0.174. The smallest absolute Gasteiger partial charge is 0.236 e. The van der Waals surface area contributed by atoms with Crippen molar-refractivity contribution >= 4 is 39.2 Å². The first-order valence-electron chi connectivity index (χ1n) is 7.18. The molecule has 0 aromatic carbocycles. The van der Waals surface area contributed by atoms with Crippen LogP contribution in [0.1, 0.15) is 26.7 Å². The van der Waals surface area contributed by atoms with E-state index in [1.165, 1.54) is 0 Å². The molecule has 6 nitrogen and oxygen atoms in total. The van der Waals surface area contributed by atoms with Crippen LogP contribution < -0.4 is 16.0 Å². The molecule has 0 radical (unpaired) electrons. The highest BCUT2D eigenvalue weighted by atomic mass is 32.1. The molecule has 0 saturated heterocycles. The van der Waals surface area contributed by atoms with E-state index in [0.717, 1.165) is 42.0 Å². The van der Waals surface area contributed by atoms with Gasteiger partial charge in [0.05, 0.1) is 11.9 Å². The van der Waals surface area contributed by atoms with Crippen molar-refractivity contribution in [1.82, 2.24) is 9.97 Å². The van der Waals surface area contributed by atoms with Crippen molar-refractivity contribution in [2.45, 2.75) is 26.7 Å². The molecule has 2 aromatic rings. The van der Waals surface area contributed by atoms with Gasteiger partial charge in [0.2, 0.25) is 11.9 Å². The third-order valence-corrected chi connectivity index (χ3v) is 3.87. The summed E-state index contributed by atoms with van der Waals surface area (Å²) in [6.45, 7) is 5.80. The number of amides is 1. The molecule has 2 rings (SSSR count). The molecule has 7 heteroatoms. The highest BCUT2D eigenvalue weighted by Crippen LogP contribution is 2.29. The van der Waals surface area contributed by atoms with E-state index in [4.69, 9.17) is 5.73 Å². The molecule has 21 heavy (non-hydrogen) atoms. The second-order valence-corrected chi connectivity index (χ2v) is 5.68. The van der Waals surface area contributed by atoms with Gasteiger partial charge in [0.15, 0.2) is 0 Å². The van der Waals surface area contributed by atoms with Crippen molar-refractivity contribution in [3.63, 3.8) is 0 Å². The maximum atomic E-state index is 11.4. The van der Waals surface area contributed by atoms with Crippen LogP contribution in [0.3, 0.4) is 0 Å². The summed E-state index contributed by atoms with van der Waals surface area (Å²) in [5.74, 6) is 1.02.